The molecule has 118 valence electrons. The molecule has 0 aromatic carbocycles. The van der Waals surface area contributed by atoms with Crippen molar-refractivity contribution in [2.45, 2.75) is 11.1 Å². The van der Waals surface area contributed by atoms with Gasteiger partial charge in [-0.1, -0.05) is 0 Å². The van der Waals surface area contributed by atoms with Crippen LogP contribution in [0.3, 0.4) is 0 Å². The van der Waals surface area contributed by atoms with E-state index in [0.29, 0.717) is 18.2 Å². The van der Waals surface area contributed by atoms with Crippen LogP contribution in [0.4, 0.5) is 0 Å². The molecule has 1 fully saturated rings. The number of nitrogens with one attached hydrogen (secondary N) is 2. The minimum atomic E-state index is -0.498. The van der Waals surface area contributed by atoms with Crippen molar-refractivity contribution in [3.63, 3.8) is 0 Å². The summed E-state index contributed by atoms with van der Waals surface area (Å²) in [6.45, 7) is 2.55. The summed E-state index contributed by atoms with van der Waals surface area (Å²) in [6.07, 6.45) is 1.66. The fourth-order valence-corrected chi connectivity index (χ4v) is 2.74. The molecule has 2 N–H and O–H groups in total. The lowest BCUT2D eigenvalue weighted by Crippen LogP contribution is -2.46. The highest BCUT2D eigenvalue weighted by Gasteiger charge is 2.20. The number of nitriles is 1. The standard InChI is InChI=1S/C14H18N4O3S/c1-18-3-4-21-10(8-18)7-16-12(19)11-5-9(6-15)14(22-2)17-13(11)20/h5,10H,3-4,7-8H2,1-2H3,(H,16,19)(H,17,20). The van der Waals surface area contributed by atoms with Crippen molar-refractivity contribution in [2.24, 2.45) is 0 Å². The maximum atomic E-state index is 12.1. The number of aromatic amines is 1. The lowest BCUT2D eigenvalue weighted by molar-refractivity contribution is -0.0175. The van der Waals surface area contributed by atoms with Crippen LogP contribution in [0.2, 0.25) is 0 Å². The van der Waals surface area contributed by atoms with Gasteiger partial charge < -0.3 is 19.9 Å². The molecule has 1 saturated heterocycles. The molecule has 2 heterocycles. The number of H-pyrrole nitrogens is 1. The largest absolute Gasteiger partial charge is 0.374 e. The molecular formula is C14H18N4O3S. The lowest BCUT2D eigenvalue weighted by atomic mass is 10.2. The second kappa shape index (κ2) is 7.45. The van der Waals surface area contributed by atoms with Gasteiger partial charge in [0.2, 0.25) is 0 Å². The van der Waals surface area contributed by atoms with Crippen LogP contribution in [0.25, 0.3) is 0 Å². The van der Waals surface area contributed by atoms with Crippen LogP contribution in [-0.2, 0) is 4.74 Å². The summed E-state index contributed by atoms with van der Waals surface area (Å²) in [4.78, 5) is 28.7. The smallest absolute Gasteiger partial charge is 0.261 e. The molecular weight excluding hydrogens is 304 g/mol. The molecule has 1 aliphatic heterocycles. The van der Waals surface area contributed by atoms with Crippen LogP contribution < -0.4 is 10.9 Å². The van der Waals surface area contributed by atoms with E-state index in [1.54, 1.807) is 6.26 Å². The van der Waals surface area contributed by atoms with E-state index >= 15 is 0 Å². The predicted octanol–water partition coefficient (Wildman–Crippen LogP) is 0.0289. The Morgan fingerprint density at radius 2 is 2.45 bits per heavy atom. The van der Waals surface area contributed by atoms with E-state index in [0.717, 1.165) is 13.1 Å². The second-order valence-electron chi connectivity index (χ2n) is 5.04. The Kier molecular flexibility index (Phi) is 5.60. The number of carbonyl (C=O) groups is 1. The normalized spacial score (nSPS) is 18.7. The first-order chi connectivity index (χ1) is 10.5. The fourth-order valence-electron chi connectivity index (χ4n) is 2.22. The highest BCUT2D eigenvalue weighted by molar-refractivity contribution is 7.98. The molecule has 22 heavy (non-hydrogen) atoms. The van der Waals surface area contributed by atoms with Gasteiger partial charge in [0.15, 0.2) is 0 Å². The van der Waals surface area contributed by atoms with Crippen LogP contribution >= 0.6 is 11.8 Å². The minimum Gasteiger partial charge on any atom is -0.374 e. The van der Waals surface area contributed by atoms with Crippen molar-refractivity contribution in [3.05, 3.63) is 27.5 Å². The second-order valence-corrected chi connectivity index (χ2v) is 5.85. The molecule has 0 radical (unpaired) electrons. The van der Waals surface area contributed by atoms with Gasteiger partial charge in [0.25, 0.3) is 11.5 Å². The van der Waals surface area contributed by atoms with Gasteiger partial charge in [-0.25, -0.2) is 0 Å². The Bertz CT molecular complexity index is 652. The summed E-state index contributed by atoms with van der Waals surface area (Å²) in [7, 11) is 1.99. The summed E-state index contributed by atoms with van der Waals surface area (Å²) in [5.41, 5.74) is -0.271. The number of hydrogen-bond donors (Lipinski definition) is 2. The third-order valence-corrected chi connectivity index (χ3v) is 4.14. The van der Waals surface area contributed by atoms with E-state index in [4.69, 9.17) is 10.00 Å². The molecule has 2 rings (SSSR count). The number of thioether (sulfide) groups is 1. The molecule has 1 aliphatic rings. The molecule has 0 aliphatic carbocycles. The molecule has 1 unspecified atom stereocenters. The first kappa shape index (κ1) is 16.5. The maximum Gasteiger partial charge on any atom is 0.261 e. The van der Waals surface area contributed by atoms with E-state index in [2.05, 4.69) is 15.2 Å². The van der Waals surface area contributed by atoms with E-state index in [1.165, 1.54) is 17.8 Å². The van der Waals surface area contributed by atoms with Crippen LogP contribution in [0.5, 0.6) is 0 Å². The van der Waals surface area contributed by atoms with Gasteiger partial charge in [0.05, 0.1) is 23.3 Å². The lowest BCUT2D eigenvalue weighted by Gasteiger charge is -2.30. The highest BCUT2D eigenvalue weighted by atomic mass is 32.2. The minimum absolute atomic E-state index is 0.0569. The van der Waals surface area contributed by atoms with E-state index in [9.17, 15) is 9.59 Å². The SMILES string of the molecule is CSc1[nH]c(=O)c(C(=O)NCC2CN(C)CCO2)cc1C#N. The Hall–Kier alpha value is -1.82. The van der Waals surface area contributed by atoms with Gasteiger partial charge in [-0.05, 0) is 19.4 Å². The molecule has 1 aromatic rings. The molecule has 0 saturated carbocycles. The van der Waals surface area contributed by atoms with Crippen LogP contribution in [0.15, 0.2) is 15.9 Å². The first-order valence-electron chi connectivity index (χ1n) is 6.85. The number of likely N-dealkylation sites (N-methyl/N-ethyl adjacent to an activating group) is 1. The molecule has 0 bridgehead atoms. The monoisotopic (exact) mass is 322 g/mol. The van der Waals surface area contributed by atoms with Crippen LogP contribution in [-0.4, -0.2) is 61.4 Å². The van der Waals surface area contributed by atoms with Crippen molar-refractivity contribution in [3.8, 4) is 6.07 Å². The molecule has 7 nitrogen and oxygen atoms in total. The molecule has 1 aromatic heterocycles. The van der Waals surface area contributed by atoms with Crippen molar-refractivity contribution < 1.29 is 9.53 Å². The number of morpholine rings is 1. The number of rotatable bonds is 4. The van der Waals surface area contributed by atoms with E-state index < -0.39 is 11.5 Å². The summed E-state index contributed by atoms with van der Waals surface area (Å²) in [5, 5.41) is 12.2. The number of carbonyl (C=O) groups excluding carboxylic acids is 1. The van der Waals surface area contributed by atoms with Crippen molar-refractivity contribution >= 4 is 17.7 Å². The number of aromatic nitrogens is 1. The number of amides is 1. The number of pyridine rings is 1. The fraction of sp³-hybridized carbons (Fsp3) is 0.500. The molecule has 0 spiro atoms. The van der Waals surface area contributed by atoms with Gasteiger partial charge in [-0.15, -0.1) is 11.8 Å². The molecule has 1 amide bonds. The van der Waals surface area contributed by atoms with Crippen molar-refractivity contribution in [2.75, 3.05) is 39.5 Å². The maximum absolute atomic E-state index is 12.1. The first-order valence-corrected chi connectivity index (χ1v) is 8.07. The molecule has 8 heteroatoms. The number of ether oxygens (including phenoxy) is 1. The quantitative estimate of drug-likeness (QED) is 0.759. The van der Waals surface area contributed by atoms with E-state index in [-0.39, 0.29) is 17.2 Å². The zero-order valence-electron chi connectivity index (χ0n) is 12.5. The zero-order chi connectivity index (χ0) is 16.1. The van der Waals surface area contributed by atoms with Gasteiger partial charge >= 0.3 is 0 Å². The summed E-state index contributed by atoms with van der Waals surface area (Å²) < 4.78 is 5.55. The van der Waals surface area contributed by atoms with Crippen molar-refractivity contribution in [1.29, 1.82) is 5.26 Å². The Labute approximate surface area is 132 Å². The third kappa shape index (κ3) is 3.88. The van der Waals surface area contributed by atoms with Crippen molar-refractivity contribution in [1.82, 2.24) is 15.2 Å². The predicted molar refractivity (Wildman–Crippen MR) is 83.1 cm³/mol. The zero-order valence-corrected chi connectivity index (χ0v) is 13.3. The Morgan fingerprint density at radius 1 is 1.68 bits per heavy atom. The number of hydrogen-bond acceptors (Lipinski definition) is 6. The van der Waals surface area contributed by atoms with E-state index in [1.807, 2.05) is 13.1 Å². The Balaban J connectivity index is 2.06. The highest BCUT2D eigenvalue weighted by Crippen LogP contribution is 2.15. The number of nitrogens with zero attached hydrogens (tertiary/aromatic N) is 2. The summed E-state index contributed by atoms with van der Waals surface area (Å²) in [6, 6.07) is 3.31. The average Bonchev–Trinajstić information content (AvgIpc) is 2.52. The van der Waals surface area contributed by atoms with Crippen LogP contribution in [0.1, 0.15) is 15.9 Å². The van der Waals surface area contributed by atoms with Gasteiger partial charge in [0, 0.05) is 19.6 Å². The summed E-state index contributed by atoms with van der Waals surface area (Å²) >= 11 is 1.26. The van der Waals surface area contributed by atoms with Gasteiger partial charge in [0.1, 0.15) is 11.6 Å². The third-order valence-electron chi connectivity index (χ3n) is 3.41. The van der Waals surface area contributed by atoms with Gasteiger partial charge in [-0.3, -0.25) is 9.59 Å². The Morgan fingerprint density at radius 3 is 3.09 bits per heavy atom. The van der Waals surface area contributed by atoms with Crippen LogP contribution in [0, 0.1) is 11.3 Å². The topological polar surface area (TPSA) is 98.2 Å². The average molecular weight is 322 g/mol. The summed E-state index contributed by atoms with van der Waals surface area (Å²) in [5.74, 6) is -0.498. The molecule has 1 atom stereocenters. The van der Waals surface area contributed by atoms with Gasteiger partial charge in [-0.2, -0.15) is 5.26 Å².